The Labute approximate surface area is 581 Å². The van der Waals surface area contributed by atoms with Gasteiger partial charge in [0.05, 0.1) is 58.3 Å². The number of hydrogen-bond acceptors (Lipinski definition) is 3. The van der Waals surface area contributed by atoms with Crippen molar-refractivity contribution in [2.24, 2.45) is 0 Å². The lowest BCUT2D eigenvalue weighted by molar-refractivity contribution is 0.590. The maximum Gasteiger partial charge on any atom is 0.129 e. The molecule has 0 saturated carbocycles. The highest BCUT2D eigenvalue weighted by Crippen LogP contribution is 2.53. The number of fused-ring (bicyclic) bond motifs is 11. The van der Waals surface area contributed by atoms with Crippen LogP contribution in [0.15, 0.2) is 338 Å². The van der Waals surface area contributed by atoms with E-state index in [4.69, 9.17) is 4.42 Å². The van der Waals surface area contributed by atoms with Gasteiger partial charge in [-0.05, 0) is 133 Å². The summed E-state index contributed by atoms with van der Waals surface area (Å²) in [6.07, 6.45) is 0. The monoisotopic (exact) mass is 1260 g/mol. The third kappa shape index (κ3) is 10.1. The second kappa shape index (κ2) is 23.4. The first kappa shape index (κ1) is 44.8. The number of benzene rings is 14. The zero-order valence-corrected chi connectivity index (χ0v) is 54.4. The summed E-state index contributed by atoms with van der Waals surface area (Å²) in [4.78, 5) is 3.76. The van der Waals surface area contributed by atoms with Gasteiger partial charge in [0.2, 0.25) is 0 Å². The van der Waals surface area contributed by atoms with Gasteiger partial charge in [0.1, 0.15) is 19.2 Å². The van der Waals surface area contributed by atoms with Crippen molar-refractivity contribution in [2.45, 2.75) is 39.3 Å². The van der Waals surface area contributed by atoms with Crippen LogP contribution in [0.2, 0.25) is 13.1 Å². The smallest absolute Gasteiger partial charge is 0.129 e. The number of anilines is 6. The molecule has 0 saturated heterocycles. The van der Waals surface area contributed by atoms with E-state index in [2.05, 4.69) is 33.9 Å². The zero-order chi connectivity index (χ0) is 76.8. The van der Waals surface area contributed by atoms with Gasteiger partial charge >= 0.3 is 0 Å². The van der Waals surface area contributed by atoms with Crippen LogP contribution in [0.5, 0.6) is 0 Å². The van der Waals surface area contributed by atoms with Crippen molar-refractivity contribution in [3.63, 3.8) is 0 Å². The average Bonchev–Trinajstić information content (AvgIpc) is 1.34. The summed E-state index contributed by atoms with van der Waals surface area (Å²) >= 11 is 0. The third-order valence-corrected chi connectivity index (χ3v) is 21.9. The van der Waals surface area contributed by atoms with Crippen LogP contribution < -0.4 is 20.2 Å². The van der Waals surface area contributed by atoms with Gasteiger partial charge in [0, 0.05) is 73.4 Å². The number of hydrogen-bond donors (Lipinski definition) is 0. The van der Waals surface area contributed by atoms with Crippen LogP contribution in [0.25, 0.3) is 111 Å². The van der Waals surface area contributed by atoms with Crippen molar-refractivity contribution < 1.29 is 23.6 Å². The molecule has 96 heavy (non-hydrogen) atoms. The Balaban J connectivity index is 1.15. The Morgan fingerprint density at radius 3 is 1.39 bits per heavy atom. The third-order valence-electron chi connectivity index (χ3n) is 18.5. The van der Waals surface area contributed by atoms with E-state index < -0.39 is 49.7 Å². The molecule has 0 amide bonds. The molecule has 0 aliphatic carbocycles. The molecule has 0 fully saturated rings. The molecule has 460 valence electrons. The van der Waals surface area contributed by atoms with E-state index >= 15 is 0 Å². The summed E-state index contributed by atoms with van der Waals surface area (Å²) < 4.78 is 153. The first-order chi connectivity index (χ1) is 52.9. The van der Waals surface area contributed by atoms with E-state index in [0.29, 0.717) is 72.5 Å². The van der Waals surface area contributed by atoms with Crippen LogP contribution in [-0.2, 0) is 5.41 Å². The summed E-state index contributed by atoms with van der Waals surface area (Å²) in [7, 11) is -3.08. The SMILES string of the molecule is [2H]c1c([2H])c(N(c2cc(N(c3c(-c4ccccc4)cccc3-c3ccccc3)c3c([2H])c4cc(c3[2H])n3c5cc(oc6cc7c(c([2H])c6[2H])[Si](C)(C)c6ccccc6-n47)c([2H])c([2H])c5c4c([2H])c([2H])c([2H])c([2H])c43)cc(C(C)(C)C)c2)c2c(-c3ccccc3)cccc2-c2ccccc2)c([2H])c([2H])c1-c1ccccc1. The summed E-state index contributed by atoms with van der Waals surface area (Å²) in [5, 5.41) is 1.24. The Bertz CT molecular complexity index is 6460. The molecule has 0 atom stereocenters. The van der Waals surface area contributed by atoms with Crippen LogP contribution in [0, 0.1) is 0 Å². The molecule has 6 bridgehead atoms. The molecule has 16 aromatic rings. The van der Waals surface area contributed by atoms with E-state index in [1.165, 1.54) is 10.5 Å². The van der Waals surface area contributed by atoms with E-state index in [1.807, 2.05) is 221 Å². The molecule has 1 aliphatic rings. The van der Waals surface area contributed by atoms with Gasteiger partial charge in [-0.1, -0.05) is 276 Å². The van der Waals surface area contributed by atoms with Gasteiger partial charge in [-0.25, -0.2) is 0 Å². The predicted molar refractivity (Wildman–Crippen MR) is 409 cm³/mol. The lowest BCUT2D eigenvalue weighted by atomic mass is 9.85. The van der Waals surface area contributed by atoms with Crippen molar-refractivity contribution >= 4 is 102 Å². The minimum absolute atomic E-state index is 0.0204. The van der Waals surface area contributed by atoms with Gasteiger partial charge < -0.3 is 23.2 Å². The second-order valence-corrected chi connectivity index (χ2v) is 30.1. The molecule has 5 nitrogen and oxygen atoms in total. The summed E-state index contributed by atoms with van der Waals surface area (Å²) in [6.45, 7) is 10.4. The van der Waals surface area contributed by atoms with E-state index in [-0.39, 0.29) is 109 Å². The molecule has 0 radical (unpaired) electrons. The summed E-state index contributed by atoms with van der Waals surface area (Å²) in [5.74, 6) is 0. The minimum atomic E-state index is -3.08. The average molecular weight is 1270 g/mol. The van der Waals surface area contributed by atoms with Gasteiger partial charge in [0.25, 0.3) is 0 Å². The van der Waals surface area contributed by atoms with Gasteiger partial charge in [-0.2, -0.15) is 0 Å². The second-order valence-electron chi connectivity index (χ2n) is 25.8. The quantitative estimate of drug-likeness (QED) is 0.121. The number of aromatic nitrogens is 2. The summed E-state index contributed by atoms with van der Waals surface area (Å²) in [5.41, 5.74) is 8.43. The van der Waals surface area contributed by atoms with Crippen molar-refractivity contribution in [3.05, 3.63) is 339 Å². The predicted octanol–water partition coefficient (Wildman–Crippen LogP) is 23.8. The maximum atomic E-state index is 11.7. The molecule has 17 rings (SSSR count). The maximum absolute atomic E-state index is 11.7. The van der Waals surface area contributed by atoms with Crippen molar-refractivity contribution in [1.29, 1.82) is 0 Å². The molecular formula is C90H70N4OSi. The zero-order valence-electron chi connectivity index (χ0n) is 67.4. The molecule has 0 N–H and O–H groups in total. The highest BCUT2D eigenvalue weighted by molar-refractivity contribution is 7.02. The Kier molecular flexibility index (Phi) is 10.9. The fraction of sp³-hybridized carbons (Fsp3) is 0.0667. The Morgan fingerprint density at radius 2 is 0.833 bits per heavy atom. The highest BCUT2D eigenvalue weighted by Gasteiger charge is 2.36. The normalized spacial score (nSPS) is 14.6. The van der Waals surface area contributed by atoms with E-state index in [0.717, 1.165) is 27.4 Å². The standard InChI is InChI=1S/C90H70N4OSi/c1-90(2,3)67-53-69(91(68-47-45-62(46-48-68)61-27-11-6-12-28-61)88-76(63-29-13-7-14-30-63)38-25-39-77(88)64-31-15-8-16-32-64)55-70(54-67)92(89-78(65-33-17-9-18-34-65)40-26-41-79(89)66-35-19-10-20-36-66)71-56-72-58-73(57-71)94-83-43-23-24-44-86(83)96(4,5)87-52-50-75(60-85(87)94)95-74-49-51-81-80-37-21-22-42-82(80)93(72)84(81)59-74/h6-60H,1-5H3/i21D,22D,37D,42D,45D,46D,47D,48D,49D,50D,51D,52D,56D,57D. The molecule has 6 heteroatoms. The molecule has 0 unspecified atom stereocenters. The van der Waals surface area contributed by atoms with Gasteiger partial charge in [0.15, 0.2) is 0 Å². The fourth-order valence-corrected chi connectivity index (χ4v) is 16.6. The van der Waals surface area contributed by atoms with Crippen molar-refractivity contribution in [2.75, 3.05) is 9.80 Å². The molecule has 0 spiro atoms. The molecule has 1 aliphatic heterocycles. The van der Waals surface area contributed by atoms with Crippen LogP contribution in [0.1, 0.15) is 45.5 Å². The van der Waals surface area contributed by atoms with E-state index in [9.17, 15) is 19.2 Å². The first-order valence-electron chi connectivity index (χ1n) is 39.2. The van der Waals surface area contributed by atoms with Crippen molar-refractivity contribution in [3.8, 4) is 61.3 Å². The number of para-hydroxylation sites is 4. The molecule has 3 heterocycles. The number of nitrogens with zero attached hydrogens (tertiary/aromatic N) is 4. The molecule has 14 aromatic carbocycles. The summed E-state index contributed by atoms with van der Waals surface area (Å²) in [6, 6.07) is 73.3. The van der Waals surface area contributed by atoms with Crippen LogP contribution in [-0.4, -0.2) is 17.0 Å². The molecular weight excluding hydrogens is 1180 g/mol. The minimum Gasteiger partial charge on any atom is -0.457 e. The van der Waals surface area contributed by atoms with Crippen LogP contribution in [0.4, 0.5) is 34.1 Å². The number of rotatable bonds is 11. The van der Waals surface area contributed by atoms with E-state index in [1.54, 1.807) is 36.4 Å². The lowest BCUT2D eigenvalue weighted by Crippen LogP contribution is -2.57. The Morgan fingerprint density at radius 1 is 0.365 bits per heavy atom. The van der Waals surface area contributed by atoms with Gasteiger partial charge in [-0.15, -0.1) is 0 Å². The fourth-order valence-electron chi connectivity index (χ4n) is 13.8. The largest absolute Gasteiger partial charge is 0.457 e. The van der Waals surface area contributed by atoms with Crippen LogP contribution in [0.3, 0.4) is 0 Å². The lowest BCUT2D eigenvalue weighted by Gasteiger charge is -2.36. The highest BCUT2D eigenvalue weighted by atomic mass is 28.3. The first-order valence-corrected chi connectivity index (χ1v) is 35.2. The Hall–Kier alpha value is -11.7. The van der Waals surface area contributed by atoms with Crippen molar-refractivity contribution in [1.82, 2.24) is 8.97 Å². The molecule has 2 aromatic heterocycles. The van der Waals surface area contributed by atoms with Gasteiger partial charge in [-0.3, -0.25) is 0 Å². The van der Waals surface area contributed by atoms with Crippen LogP contribution >= 0.6 is 0 Å². The topological polar surface area (TPSA) is 29.0 Å².